The van der Waals surface area contributed by atoms with Crippen molar-refractivity contribution in [3.05, 3.63) is 51.1 Å². The van der Waals surface area contributed by atoms with Crippen molar-refractivity contribution in [3.8, 4) is 17.2 Å². The molecule has 2 amide bonds. The van der Waals surface area contributed by atoms with Gasteiger partial charge in [-0.2, -0.15) is 0 Å². The van der Waals surface area contributed by atoms with E-state index < -0.39 is 0 Å². The van der Waals surface area contributed by atoms with Gasteiger partial charge in [0.15, 0.2) is 11.5 Å². The first kappa shape index (κ1) is 20.8. The molecular weight excluding hydrogens is 463 g/mol. The van der Waals surface area contributed by atoms with Crippen molar-refractivity contribution >= 4 is 34.4 Å². The molecule has 7 nitrogen and oxygen atoms in total. The minimum absolute atomic E-state index is 0.126. The molecule has 0 aliphatic carbocycles. The van der Waals surface area contributed by atoms with Crippen LogP contribution in [0, 0.1) is 3.57 Å². The summed E-state index contributed by atoms with van der Waals surface area (Å²) < 4.78 is 16.2. The van der Waals surface area contributed by atoms with Crippen LogP contribution in [-0.2, 0) is 11.3 Å². The van der Waals surface area contributed by atoms with E-state index in [1.165, 1.54) is 14.2 Å². The second-order valence-corrected chi connectivity index (χ2v) is 6.66. The summed E-state index contributed by atoms with van der Waals surface area (Å²) in [5.41, 5.74) is 1.35. The topological polar surface area (TPSA) is 85.9 Å². The van der Waals surface area contributed by atoms with Crippen LogP contribution >= 0.6 is 22.6 Å². The summed E-state index contributed by atoms with van der Waals surface area (Å²) in [6.45, 7) is 0.242. The average Bonchev–Trinajstić information content (AvgIpc) is 2.70. The van der Waals surface area contributed by atoms with E-state index in [0.717, 1.165) is 11.3 Å². The molecule has 0 aromatic heterocycles. The van der Waals surface area contributed by atoms with Gasteiger partial charge in [-0.25, -0.2) is 0 Å². The van der Waals surface area contributed by atoms with E-state index in [1.807, 2.05) is 46.9 Å². The van der Waals surface area contributed by atoms with Gasteiger partial charge in [-0.3, -0.25) is 9.59 Å². The summed E-state index contributed by atoms with van der Waals surface area (Å²) in [7, 11) is 4.62. The van der Waals surface area contributed by atoms with Crippen LogP contribution in [0.25, 0.3) is 0 Å². The van der Waals surface area contributed by atoms with Gasteiger partial charge in [0.05, 0.1) is 33.4 Å². The van der Waals surface area contributed by atoms with Gasteiger partial charge < -0.3 is 24.8 Å². The summed E-state index contributed by atoms with van der Waals surface area (Å²) in [6.07, 6.45) is 0. The van der Waals surface area contributed by atoms with Crippen molar-refractivity contribution in [1.29, 1.82) is 0 Å². The molecule has 0 atom stereocenters. The number of rotatable bonds is 8. The smallest absolute Gasteiger partial charge is 0.252 e. The van der Waals surface area contributed by atoms with Crippen molar-refractivity contribution in [2.45, 2.75) is 6.54 Å². The Labute approximate surface area is 171 Å². The molecule has 2 aromatic carbocycles. The number of carbonyl (C=O) groups excluding carboxylic acids is 2. The minimum Gasteiger partial charge on any atom is -0.497 e. The monoisotopic (exact) mass is 484 g/mol. The van der Waals surface area contributed by atoms with Crippen molar-refractivity contribution in [1.82, 2.24) is 10.6 Å². The predicted molar refractivity (Wildman–Crippen MR) is 109 cm³/mol. The van der Waals surface area contributed by atoms with E-state index in [0.29, 0.717) is 27.2 Å². The van der Waals surface area contributed by atoms with Gasteiger partial charge in [0.2, 0.25) is 5.91 Å². The maximum absolute atomic E-state index is 12.4. The van der Waals surface area contributed by atoms with Crippen LogP contribution < -0.4 is 24.8 Å². The number of halogens is 1. The molecule has 0 saturated heterocycles. The molecule has 0 aliphatic heterocycles. The van der Waals surface area contributed by atoms with Crippen molar-refractivity contribution in [2.75, 3.05) is 27.9 Å². The third kappa shape index (κ3) is 5.75. The highest BCUT2D eigenvalue weighted by atomic mass is 127. The molecule has 0 heterocycles. The molecule has 0 spiro atoms. The molecule has 8 heteroatoms. The molecule has 0 bridgehead atoms. The van der Waals surface area contributed by atoms with Gasteiger partial charge in [-0.15, -0.1) is 0 Å². The van der Waals surface area contributed by atoms with Gasteiger partial charge in [-0.1, -0.05) is 12.1 Å². The van der Waals surface area contributed by atoms with Crippen LogP contribution in [0.15, 0.2) is 36.4 Å². The van der Waals surface area contributed by atoms with Gasteiger partial charge in [-0.05, 0) is 52.4 Å². The summed E-state index contributed by atoms with van der Waals surface area (Å²) >= 11 is 2.04. The first-order valence-corrected chi connectivity index (χ1v) is 9.15. The van der Waals surface area contributed by atoms with Crippen LogP contribution in [0.2, 0.25) is 0 Å². The van der Waals surface area contributed by atoms with Crippen molar-refractivity contribution < 1.29 is 23.8 Å². The lowest BCUT2D eigenvalue weighted by atomic mass is 10.2. The lowest BCUT2D eigenvalue weighted by Gasteiger charge is -2.12. The fraction of sp³-hybridized carbons (Fsp3) is 0.263. The van der Waals surface area contributed by atoms with Gasteiger partial charge >= 0.3 is 0 Å². The number of benzene rings is 2. The molecule has 0 unspecified atom stereocenters. The summed E-state index contributed by atoms with van der Waals surface area (Å²) in [4.78, 5) is 24.4. The molecule has 0 radical (unpaired) electrons. The maximum Gasteiger partial charge on any atom is 0.252 e. The zero-order valence-electron chi connectivity index (χ0n) is 15.3. The van der Waals surface area contributed by atoms with Crippen LogP contribution in [0.3, 0.4) is 0 Å². The van der Waals surface area contributed by atoms with Gasteiger partial charge in [0.1, 0.15) is 5.75 Å². The van der Waals surface area contributed by atoms with Crippen LogP contribution in [0.4, 0.5) is 0 Å². The Morgan fingerprint density at radius 3 is 2.15 bits per heavy atom. The average molecular weight is 484 g/mol. The molecule has 27 heavy (non-hydrogen) atoms. The van der Waals surface area contributed by atoms with Crippen LogP contribution in [-0.4, -0.2) is 39.7 Å². The zero-order chi connectivity index (χ0) is 19.8. The van der Waals surface area contributed by atoms with E-state index in [1.54, 1.807) is 19.2 Å². The van der Waals surface area contributed by atoms with E-state index in [-0.39, 0.29) is 18.4 Å². The Bertz CT molecular complexity index is 808. The highest BCUT2D eigenvalue weighted by molar-refractivity contribution is 14.1. The fourth-order valence-electron chi connectivity index (χ4n) is 2.29. The maximum atomic E-state index is 12.4. The Kier molecular flexibility index (Phi) is 7.71. The molecule has 2 rings (SSSR count). The Balaban J connectivity index is 1.89. The number of carbonyl (C=O) groups is 2. The molecule has 0 aliphatic rings. The van der Waals surface area contributed by atoms with Crippen LogP contribution in [0.5, 0.6) is 17.2 Å². The lowest BCUT2D eigenvalue weighted by molar-refractivity contribution is -0.120. The van der Waals surface area contributed by atoms with Crippen molar-refractivity contribution in [2.24, 2.45) is 0 Å². The second-order valence-electron chi connectivity index (χ2n) is 5.49. The third-order valence-electron chi connectivity index (χ3n) is 3.78. The van der Waals surface area contributed by atoms with Gasteiger partial charge in [0, 0.05) is 10.1 Å². The number of nitrogens with one attached hydrogen (secondary N) is 2. The number of methoxy groups -OCH3 is 3. The Morgan fingerprint density at radius 1 is 0.926 bits per heavy atom. The SMILES string of the molecule is COc1ccc(CNC(=O)CNC(=O)c2cc(OC)c(OC)cc2I)cc1. The summed E-state index contributed by atoms with van der Waals surface area (Å²) in [6, 6.07) is 10.7. The third-order valence-corrected chi connectivity index (χ3v) is 4.67. The van der Waals surface area contributed by atoms with Gasteiger partial charge in [0.25, 0.3) is 5.91 Å². The zero-order valence-corrected chi connectivity index (χ0v) is 17.5. The summed E-state index contributed by atoms with van der Waals surface area (Å²) in [5, 5.41) is 5.37. The molecule has 2 aromatic rings. The number of hydrogen-bond acceptors (Lipinski definition) is 5. The standard InChI is InChI=1S/C19H21IN2O5/c1-25-13-6-4-12(5-7-13)10-21-18(23)11-22-19(24)14-8-16(26-2)17(27-3)9-15(14)20/h4-9H,10-11H2,1-3H3,(H,21,23)(H,22,24). The Morgan fingerprint density at radius 2 is 1.56 bits per heavy atom. The number of amides is 2. The second kappa shape index (κ2) is 10.0. The first-order chi connectivity index (χ1) is 13.0. The minimum atomic E-state index is -0.361. The largest absolute Gasteiger partial charge is 0.497 e. The summed E-state index contributed by atoms with van der Waals surface area (Å²) in [5.74, 6) is 1.10. The number of ether oxygens (including phenoxy) is 3. The van der Waals surface area contributed by atoms with E-state index in [9.17, 15) is 9.59 Å². The molecule has 0 saturated carbocycles. The quantitative estimate of drug-likeness (QED) is 0.563. The van der Waals surface area contributed by atoms with Crippen LogP contribution in [0.1, 0.15) is 15.9 Å². The highest BCUT2D eigenvalue weighted by Crippen LogP contribution is 2.31. The van der Waals surface area contributed by atoms with Crippen molar-refractivity contribution in [3.63, 3.8) is 0 Å². The molecule has 2 N–H and O–H groups in total. The van der Waals surface area contributed by atoms with E-state index in [2.05, 4.69) is 10.6 Å². The van der Waals surface area contributed by atoms with E-state index >= 15 is 0 Å². The molecule has 0 fully saturated rings. The predicted octanol–water partition coefficient (Wildman–Crippen LogP) is 2.36. The Hall–Kier alpha value is -2.49. The molecular formula is C19H21IN2O5. The first-order valence-electron chi connectivity index (χ1n) is 8.07. The van der Waals surface area contributed by atoms with E-state index in [4.69, 9.17) is 14.2 Å². The highest BCUT2D eigenvalue weighted by Gasteiger charge is 2.16. The lowest BCUT2D eigenvalue weighted by Crippen LogP contribution is -2.36. The number of hydrogen-bond donors (Lipinski definition) is 2. The fourth-order valence-corrected chi connectivity index (χ4v) is 2.97. The molecule has 144 valence electrons. The normalized spacial score (nSPS) is 10.1.